The first-order valence-corrected chi connectivity index (χ1v) is 6.34. The van der Waals surface area contributed by atoms with Gasteiger partial charge in [-0.05, 0) is 37.7 Å². The lowest BCUT2D eigenvalue weighted by Crippen LogP contribution is -2.07. The fourth-order valence-corrected chi connectivity index (χ4v) is 2.51. The predicted octanol–water partition coefficient (Wildman–Crippen LogP) is 3.45. The molecule has 0 bridgehead atoms. The second-order valence-electron chi connectivity index (χ2n) is 4.63. The Morgan fingerprint density at radius 3 is 2.25 bits per heavy atom. The first-order valence-electron chi connectivity index (χ1n) is 6.34. The van der Waals surface area contributed by atoms with Crippen LogP contribution in [0, 0.1) is 0 Å². The molecule has 2 rings (SSSR count). The second-order valence-corrected chi connectivity index (χ2v) is 4.63. The molecule has 1 aliphatic rings. The zero-order valence-electron chi connectivity index (χ0n) is 9.91. The molecule has 1 aromatic rings. The maximum absolute atomic E-state index is 5.86. The van der Waals surface area contributed by atoms with E-state index in [2.05, 4.69) is 30.3 Å². The fraction of sp³-hybridized carbons (Fsp3) is 0.467. The smallest absolute Gasteiger partial charge is 0.0139 e. The molecule has 0 heterocycles. The monoisotopic (exact) mass is 215 g/mol. The van der Waals surface area contributed by atoms with E-state index in [4.69, 9.17) is 5.73 Å². The average Bonchev–Trinajstić information content (AvgIpc) is 2.55. The molecule has 0 atom stereocenters. The third kappa shape index (κ3) is 2.96. The Labute approximate surface area is 98.4 Å². The fourth-order valence-electron chi connectivity index (χ4n) is 2.51. The highest BCUT2D eigenvalue weighted by atomic mass is 14.5. The van der Waals surface area contributed by atoms with Crippen molar-refractivity contribution < 1.29 is 0 Å². The molecule has 0 spiro atoms. The summed E-state index contributed by atoms with van der Waals surface area (Å²) in [5.41, 5.74) is 10.4. The van der Waals surface area contributed by atoms with E-state index in [-0.39, 0.29) is 0 Å². The Morgan fingerprint density at radius 2 is 1.56 bits per heavy atom. The summed E-state index contributed by atoms with van der Waals surface area (Å²) in [7, 11) is 0. The van der Waals surface area contributed by atoms with Crippen LogP contribution in [0.1, 0.15) is 37.7 Å². The first kappa shape index (κ1) is 11.4. The number of rotatable bonds is 3. The molecule has 86 valence electrons. The van der Waals surface area contributed by atoms with Gasteiger partial charge in [0.15, 0.2) is 0 Å². The Bertz CT molecular complexity index is 351. The maximum atomic E-state index is 5.86. The number of benzene rings is 1. The van der Waals surface area contributed by atoms with Crippen LogP contribution in [0.5, 0.6) is 0 Å². The third-order valence-corrected chi connectivity index (χ3v) is 3.46. The van der Waals surface area contributed by atoms with Gasteiger partial charge in [-0.15, -0.1) is 0 Å². The van der Waals surface area contributed by atoms with Gasteiger partial charge < -0.3 is 5.73 Å². The van der Waals surface area contributed by atoms with Crippen LogP contribution in [-0.2, 0) is 6.42 Å². The summed E-state index contributed by atoms with van der Waals surface area (Å²) in [6.45, 7) is 0.752. The summed E-state index contributed by atoms with van der Waals surface area (Å²) >= 11 is 0. The quantitative estimate of drug-likeness (QED) is 0.768. The largest absolute Gasteiger partial charge is 0.327 e. The van der Waals surface area contributed by atoms with Crippen molar-refractivity contribution in [2.45, 2.75) is 38.5 Å². The standard InChI is InChI=1S/C15H21N/c16-12-15-10-6-2-5-9-14(15)11-13-7-3-1-4-8-13/h1,3-4,7-8H,2,5-6,9-12,16H2. The zero-order valence-corrected chi connectivity index (χ0v) is 9.91. The Kier molecular flexibility index (Phi) is 4.17. The van der Waals surface area contributed by atoms with Crippen molar-refractivity contribution in [1.29, 1.82) is 0 Å². The minimum Gasteiger partial charge on any atom is -0.327 e. The van der Waals surface area contributed by atoms with E-state index < -0.39 is 0 Å². The van der Waals surface area contributed by atoms with Gasteiger partial charge in [-0.25, -0.2) is 0 Å². The topological polar surface area (TPSA) is 26.0 Å². The molecule has 1 nitrogen and oxygen atoms in total. The molecule has 0 amide bonds. The molecule has 1 aliphatic carbocycles. The van der Waals surface area contributed by atoms with Gasteiger partial charge in [0.2, 0.25) is 0 Å². The molecular weight excluding hydrogens is 194 g/mol. The molecule has 0 fully saturated rings. The molecule has 0 unspecified atom stereocenters. The van der Waals surface area contributed by atoms with Crippen molar-refractivity contribution in [2.75, 3.05) is 6.54 Å². The van der Waals surface area contributed by atoms with Crippen molar-refractivity contribution >= 4 is 0 Å². The normalized spacial score (nSPS) is 17.3. The second kappa shape index (κ2) is 5.86. The van der Waals surface area contributed by atoms with E-state index >= 15 is 0 Å². The van der Waals surface area contributed by atoms with Crippen LogP contribution < -0.4 is 5.73 Å². The highest BCUT2D eigenvalue weighted by molar-refractivity contribution is 5.26. The molecule has 0 saturated heterocycles. The van der Waals surface area contributed by atoms with E-state index in [1.165, 1.54) is 43.2 Å². The molecule has 0 saturated carbocycles. The molecule has 0 aromatic heterocycles. The van der Waals surface area contributed by atoms with Crippen molar-refractivity contribution in [3.8, 4) is 0 Å². The predicted molar refractivity (Wildman–Crippen MR) is 69.3 cm³/mol. The summed E-state index contributed by atoms with van der Waals surface area (Å²) in [4.78, 5) is 0. The highest BCUT2D eigenvalue weighted by Crippen LogP contribution is 2.25. The lowest BCUT2D eigenvalue weighted by atomic mass is 9.96. The van der Waals surface area contributed by atoms with Crippen LogP contribution >= 0.6 is 0 Å². The number of hydrogen-bond donors (Lipinski definition) is 1. The van der Waals surface area contributed by atoms with E-state index in [0.29, 0.717) is 0 Å². The molecule has 0 radical (unpaired) electrons. The van der Waals surface area contributed by atoms with Crippen LogP contribution in [0.15, 0.2) is 41.5 Å². The van der Waals surface area contributed by atoms with Gasteiger partial charge >= 0.3 is 0 Å². The van der Waals surface area contributed by atoms with Crippen molar-refractivity contribution in [2.24, 2.45) is 5.73 Å². The molecule has 2 N–H and O–H groups in total. The van der Waals surface area contributed by atoms with Crippen molar-refractivity contribution in [1.82, 2.24) is 0 Å². The Hall–Kier alpha value is -1.08. The minimum atomic E-state index is 0.752. The van der Waals surface area contributed by atoms with Crippen molar-refractivity contribution in [3.05, 3.63) is 47.0 Å². The SMILES string of the molecule is NCC1=C(Cc2ccccc2)CCCCC1. The highest BCUT2D eigenvalue weighted by Gasteiger charge is 2.10. The molecular formula is C15H21N. The summed E-state index contributed by atoms with van der Waals surface area (Å²) in [5.74, 6) is 0. The van der Waals surface area contributed by atoms with Crippen LogP contribution in [0.25, 0.3) is 0 Å². The van der Waals surface area contributed by atoms with Gasteiger partial charge in [-0.3, -0.25) is 0 Å². The van der Waals surface area contributed by atoms with E-state index in [1.807, 2.05) is 0 Å². The zero-order chi connectivity index (χ0) is 11.2. The van der Waals surface area contributed by atoms with Gasteiger partial charge in [0, 0.05) is 6.54 Å². The summed E-state index contributed by atoms with van der Waals surface area (Å²) in [5, 5.41) is 0. The maximum Gasteiger partial charge on any atom is 0.0139 e. The molecule has 1 heteroatoms. The summed E-state index contributed by atoms with van der Waals surface area (Å²) in [6.07, 6.45) is 7.60. The average molecular weight is 215 g/mol. The third-order valence-electron chi connectivity index (χ3n) is 3.46. The Balaban J connectivity index is 2.14. The van der Waals surface area contributed by atoms with Crippen LogP contribution in [0.2, 0.25) is 0 Å². The lowest BCUT2D eigenvalue weighted by Gasteiger charge is -2.11. The van der Waals surface area contributed by atoms with Gasteiger partial charge in [-0.2, -0.15) is 0 Å². The molecule has 16 heavy (non-hydrogen) atoms. The van der Waals surface area contributed by atoms with Crippen LogP contribution in [0.3, 0.4) is 0 Å². The van der Waals surface area contributed by atoms with E-state index in [0.717, 1.165) is 13.0 Å². The number of allylic oxidation sites excluding steroid dienone is 1. The van der Waals surface area contributed by atoms with Gasteiger partial charge in [0.25, 0.3) is 0 Å². The van der Waals surface area contributed by atoms with Crippen molar-refractivity contribution in [3.63, 3.8) is 0 Å². The summed E-state index contributed by atoms with van der Waals surface area (Å²) < 4.78 is 0. The van der Waals surface area contributed by atoms with E-state index in [9.17, 15) is 0 Å². The molecule has 1 aromatic carbocycles. The van der Waals surface area contributed by atoms with Gasteiger partial charge in [-0.1, -0.05) is 47.9 Å². The lowest BCUT2D eigenvalue weighted by molar-refractivity contribution is 0.702. The van der Waals surface area contributed by atoms with Gasteiger partial charge in [0.05, 0.1) is 0 Å². The Morgan fingerprint density at radius 1 is 0.875 bits per heavy atom. The molecule has 0 aliphatic heterocycles. The summed E-state index contributed by atoms with van der Waals surface area (Å²) in [6, 6.07) is 10.7. The number of nitrogens with two attached hydrogens (primary N) is 1. The van der Waals surface area contributed by atoms with Gasteiger partial charge in [0.1, 0.15) is 0 Å². The number of hydrogen-bond acceptors (Lipinski definition) is 1. The first-order chi connectivity index (χ1) is 7.90. The minimum absolute atomic E-state index is 0.752. The van der Waals surface area contributed by atoms with E-state index in [1.54, 1.807) is 5.57 Å². The van der Waals surface area contributed by atoms with Crippen LogP contribution in [0.4, 0.5) is 0 Å². The van der Waals surface area contributed by atoms with Crippen LogP contribution in [-0.4, -0.2) is 6.54 Å².